The predicted octanol–water partition coefficient (Wildman–Crippen LogP) is 1.20. The zero-order valence-corrected chi connectivity index (χ0v) is 18.0. The molecule has 0 aliphatic heterocycles. The molecule has 0 aromatic heterocycles. The van der Waals surface area contributed by atoms with Gasteiger partial charge in [0.05, 0.1) is 11.3 Å². The minimum atomic E-state index is -3.92. The van der Waals surface area contributed by atoms with Gasteiger partial charge in [-0.05, 0) is 29.7 Å². The summed E-state index contributed by atoms with van der Waals surface area (Å²) in [5.74, 6) is -2.02. The predicted molar refractivity (Wildman–Crippen MR) is 114 cm³/mol. The van der Waals surface area contributed by atoms with Crippen LogP contribution in [0.15, 0.2) is 59.5 Å². The maximum atomic E-state index is 12.4. The van der Waals surface area contributed by atoms with E-state index < -0.39 is 34.5 Å². The monoisotopic (exact) mass is 447 g/mol. The Kier molecular flexibility index (Phi) is 8.29. The largest absolute Gasteiger partial charge is 0.454 e. The van der Waals surface area contributed by atoms with Gasteiger partial charge in [0.15, 0.2) is 6.61 Å². The molecule has 0 heterocycles. The summed E-state index contributed by atoms with van der Waals surface area (Å²) in [7, 11) is -3.92. The Morgan fingerprint density at radius 3 is 2.29 bits per heavy atom. The molecule has 2 rings (SSSR count). The number of rotatable bonds is 9. The van der Waals surface area contributed by atoms with Crippen molar-refractivity contribution in [2.24, 2.45) is 11.1 Å². The lowest BCUT2D eigenvalue weighted by atomic mass is 10.0. The van der Waals surface area contributed by atoms with E-state index in [1.165, 1.54) is 24.3 Å². The van der Waals surface area contributed by atoms with Crippen molar-refractivity contribution in [3.8, 4) is 0 Å². The molecule has 0 saturated heterocycles. The molecule has 10 heteroatoms. The van der Waals surface area contributed by atoms with Gasteiger partial charge in [0.25, 0.3) is 5.91 Å². The van der Waals surface area contributed by atoms with Crippen molar-refractivity contribution in [2.75, 3.05) is 11.9 Å². The lowest BCUT2D eigenvalue weighted by molar-refractivity contribution is -0.151. The Bertz CT molecular complexity index is 1040. The van der Waals surface area contributed by atoms with Crippen molar-refractivity contribution in [1.29, 1.82) is 0 Å². The van der Waals surface area contributed by atoms with E-state index in [4.69, 9.17) is 9.88 Å². The molecule has 0 fully saturated rings. The molecule has 0 spiro atoms. The second-order valence-electron chi connectivity index (χ2n) is 7.18. The molecule has 2 aromatic carbocycles. The normalized spacial score (nSPS) is 12.1. The van der Waals surface area contributed by atoms with Crippen LogP contribution in [0.3, 0.4) is 0 Å². The topological polar surface area (TPSA) is 145 Å². The Hall–Kier alpha value is -3.24. The van der Waals surface area contributed by atoms with Gasteiger partial charge < -0.3 is 15.4 Å². The Balaban J connectivity index is 1.91. The fraction of sp³-hybridized carbons (Fsp3) is 0.286. The van der Waals surface area contributed by atoms with Crippen LogP contribution in [-0.4, -0.2) is 38.9 Å². The molecular formula is C21H25N3O6S. The van der Waals surface area contributed by atoms with E-state index in [1.807, 2.05) is 18.2 Å². The quantitative estimate of drug-likeness (QED) is 0.493. The number of primary sulfonamides is 1. The minimum Gasteiger partial charge on any atom is -0.454 e. The molecule has 0 aliphatic rings. The zero-order chi connectivity index (χ0) is 23.0. The number of sulfonamides is 1. The first-order valence-corrected chi connectivity index (χ1v) is 11.0. The van der Waals surface area contributed by atoms with Gasteiger partial charge in [0.2, 0.25) is 15.9 Å². The summed E-state index contributed by atoms with van der Waals surface area (Å²) < 4.78 is 27.8. The van der Waals surface area contributed by atoms with Crippen LogP contribution >= 0.6 is 0 Å². The van der Waals surface area contributed by atoms with Crippen molar-refractivity contribution in [3.63, 3.8) is 0 Å². The van der Waals surface area contributed by atoms with E-state index in [-0.39, 0.29) is 28.8 Å². The summed E-state index contributed by atoms with van der Waals surface area (Å²) in [4.78, 5) is 36.6. The molecule has 31 heavy (non-hydrogen) atoms. The fourth-order valence-electron chi connectivity index (χ4n) is 2.68. The summed E-state index contributed by atoms with van der Waals surface area (Å²) >= 11 is 0. The maximum Gasteiger partial charge on any atom is 0.329 e. The van der Waals surface area contributed by atoms with Gasteiger partial charge in [-0.15, -0.1) is 0 Å². The number of hydrogen-bond donors (Lipinski definition) is 3. The number of carbonyl (C=O) groups is 3. The van der Waals surface area contributed by atoms with Crippen LogP contribution in [0.25, 0.3) is 0 Å². The number of hydrogen-bond acceptors (Lipinski definition) is 6. The van der Waals surface area contributed by atoms with Crippen molar-refractivity contribution in [2.45, 2.75) is 31.2 Å². The molecule has 0 saturated carbocycles. The Morgan fingerprint density at radius 2 is 1.68 bits per heavy atom. The highest BCUT2D eigenvalue weighted by Crippen LogP contribution is 2.14. The lowest BCUT2D eigenvalue weighted by Crippen LogP contribution is -2.46. The Labute approximate surface area is 181 Å². The van der Waals surface area contributed by atoms with Crippen LogP contribution < -0.4 is 15.8 Å². The van der Waals surface area contributed by atoms with Crippen LogP contribution in [0.1, 0.15) is 19.4 Å². The minimum absolute atomic E-state index is 0.109. The molecule has 4 N–H and O–H groups in total. The highest BCUT2D eigenvalue weighted by molar-refractivity contribution is 7.89. The van der Waals surface area contributed by atoms with Crippen molar-refractivity contribution in [1.82, 2.24) is 5.32 Å². The van der Waals surface area contributed by atoms with Crippen molar-refractivity contribution >= 4 is 33.5 Å². The van der Waals surface area contributed by atoms with Crippen LogP contribution in [0.4, 0.5) is 5.69 Å². The number of esters is 1. The molecule has 9 nitrogen and oxygen atoms in total. The lowest BCUT2D eigenvalue weighted by Gasteiger charge is -2.20. The number of carbonyl (C=O) groups excluding carboxylic acids is 3. The number of anilines is 1. The number of nitrogens with two attached hydrogens (primary N) is 1. The highest BCUT2D eigenvalue weighted by atomic mass is 32.2. The number of nitrogens with one attached hydrogen (secondary N) is 2. The molecule has 1 atom stereocenters. The third-order valence-electron chi connectivity index (χ3n) is 4.24. The van der Waals surface area contributed by atoms with Crippen molar-refractivity contribution in [3.05, 3.63) is 60.2 Å². The Morgan fingerprint density at radius 1 is 1.00 bits per heavy atom. The van der Waals surface area contributed by atoms with Gasteiger partial charge in [-0.3, -0.25) is 9.59 Å². The van der Waals surface area contributed by atoms with Crippen molar-refractivity contribution < 1.29 is 27.5 Å². The number of ether oxygens (including phenoxy) is 1. The summed E-state index contributed by atoms with van der Waals surface area (Å²) in [5, 5.41) is 10.1. The van der Waals surface area contributed by atoms with E-state index in [0.29, 0.717) is 0 Å². The first-order chi connectivity index (χ1) is 14.6. The molecular weight excluding hydrogens is 422 g/mol. The standard InChI is InChI=1S/C21H25N3O6S/c1-14(2)20(24-18(25)11-15-7-4-3-5-8-15)21(27)30-13-19(26)23-16-9-6-10-17(12-16)31(22,28)29/h3-10,12,14,20H,11,13H2,1-2H3,(H,23,26)(H,24,25)(H2,22,28,29)/t20-/m0/s1. The summed E-state index contributed by atoms with van der Waals surface area (Å²) in [6.07, 6.45) is 0.109. The van der Waals surface area contributed by atoms with Gasteiger partial charge in [0, 0.05) is 5.69 Å². The van der Waals surface area contributed by atoms with E-state index in [9.17, 15) is 22.8 Å². The van der Waals surface area contributed by atoms with Crippen LogP contribution in [-0.2, 0) is 35.6 Å². The molecule has 0 aliphatic carbocycles. The maximum absolute atomic E-state index is 12.4. The second-order valence-corrected chi connectivity index (χ2v) is 8.74. The third-order valence-corrected chi connectivity index (χ3v) is 5.15. The highest BCUT2D eigenvalue weighted by Gasteiger charge is 2.26. The average molecular weight is 448 g/mol. The fourth-order valence-corrected chi connectivity index (χ4v) is 3.24. The van der Waals surface area contributed by atoms with E-state index in [0.717, 1.165) is 5.56 Å². The third kappa shape index (κ3) is 7.83. The van der Waals surface area contributed by atoms with Gasteiger partial charge in [0.1, 0.15) is 6.04 Å². The zero-order valence-electron chi connectivity index (χ0n) is 17.2. The van der Waals surface area contributed by atoms with E-state index in [2.05, 4.69) is 10.6 Å². The second kappa shape index (κ2) is 10.7. The molecule has 166 valence electrons. The molecule has 0 unspecified atom stereocenters. The number of amides is 2. The van der Waals surface area contributed by atoms with Crippen LogP contribution in [0, 0.1) is 5.92 Å². The SMILES string of the molecule is CC(C)[C@H](NC(=O)Cc1ccccc1)C(=O)OCC(=O)Nc1cccc(S(N)(=O)=O)c1. The first-order valence-electron chi connectivity index (χ1n) is 9.49. The summed E-state index contributed by atoms with van der Waals surface area (Å²) in [5.41, 5.74) is 0.987. The van der Waals surface area contributed by atoms with Crippen LogP contribution in [0.5, 0.6) is 0 Å². The smallest absolute Gasteiger partial charge is 0.329 e. The van der Waals surface area contributed by atoms with Gasteiger partial charge >= 0.3 is 5.97 Å². The first kappa shape index (κ1) is 24.0. The summed E-state index contributed by atoms with van der Waals surface area (Å²) in [6.45, 7) is 2.89. The van der Waals surface area contributed by atoms with Gasteiger partial charge in [-0.1, -0.05) is 50.2 Å². The van der Waals surface area contributed by atoms with Crippen LogP contribution in [0.2, 0.25) is 0 Å². The molecule has 2 amide bonds. The average Bonchev–Trinajstić information content (AvgIpc) is 2.70. The van der Waals surface area contributed by atoms with E-state index >= 15 is 0 Å². The molecule has 0 radical (unpaired) electrons. The number of benzene rings is 2. The van der Waals surface area contributed by atoms with Gasteiger partial charge in [-0.25, -0.2) is 18.4 Å². The van der Waals surface area contributed by atoms with E-state index in [1.54, 1.807) is 26.0 Å². The summed E-state index contributed by atoms with van der Waals surface area (Å²) in [6, 6.07) is 13.5. The molecule has 2 aromatic rings. The van der Waals surface area contributed by atoms with Gasteiger partial charge in [-0.2, -0.15) is 0 Å². The molecule has 0 bridgehead atoms.